The smallest absolute Gasteiger partial charge is 0.123 e. The Hall–Kier alpha value is -1.29. The Morgan fingerprint density at radius 3 is 2.81 bits per heavy atom. The molecule has 1 aliphatic rings. The monoisotopic (exact) mass is 220 g/mol. The molecule has 0 bridgehead atoms. The number of rotatable bonds is 2. The van der Waals surface area contributed by atoms with Crippen LogP contribution < -0.4 is 10.6 Å². The summed E-state index contributed by atoms with van der Waals surface area (Å²) < 4.78 is 0. The maximum Gasteiger partial charge on any atom is 0.123 e. The molecule has 2 rings (SSSR count). The summed E-state index contributed by atoms with van der Waals surface area (Å²) in [5.41, 5.74) is 8.10. The lowest BCUT2D eigenvalue weighted by Gasteiger charge is -2.23. The molecule has 1 aliphatic heterocycles. The van der Waals surface area contributed by atoms with Crippen LogP contribution in [0, 0.1) is 6.92 Å². The summed E-state index contributed by atoms with van der Waals surface area (Å²) in [6.07, 6.45) is 3.11. The predicted molar refractivity (Wildman–Crippen MR) is 67.7 cm³/mol. The van der Waals surface area contributed by atoms with Gasteiger partial charge in [-0.3, -0.25) is 0 Å². The first-order chi connectivity index (χ1) is 7.58. The molecule has 1 atom stereocenters. The molecule has 0 spiro atoms. The normalized spacial score (nSPS) is 20.8. The summed E-state index contributed by atoms with van der Waals surface area (Å²) in [4.78, 5) is 8.86. The van der Waals surface area contributed by atoms with Gasteiger partial charge in [-0.15, -0.1) is 0 Å². The highest BCUT2D eigenvalue weighted by atomic mass is 15.2. The van der Waals surface area contributed by atoms with E-state index < -0.39 is 0 Å². The highest BCUT2D eigenvalue weighted by molar-refractivity contribution is 5.55. The lowest BCUT2D eigenvalue weighted by molar-refractivity contribution is 0.315. The minimum atomic E-state index is 0.601. The van der Waals surface area contributed by atoms with E-state index in [-0.39, 0.29) is 0 Å². The minimum absolute atomic E-state index is 0.601. The van der Waals surface area contributed by atoms with E-state index in [2.05, 4.69) is 35.8 Å². The van der Waals surface area contributed by atoms with Gasteiger partial charge < -0.3 is 15.5 Å². The van der Waals surface area contributed by atoms with Gasteiger partial charge >= 0.3 is 0 Å². The van der Waals surface area contributed by atoms with Crippen LogP contribution >= 0.6 is 0 Å². The Bertz CT molecular complexity index is 375. The molecule has 4 heteroatoms. The van der Waals surface area contributed by atoms with Crippen molar-refractivity contribution < 1.29 is 0 Å². The standard InChI is InChI=1S/C12H20N4/c1-9-6-12(13)14-7-11(9)16-5-4-10(8-16)15(2)3/h6-7,10H,4-5,8H2,1-3H3,(H2,13,14)/t10-/m0/s1. The third-order valence-electron chi connectivity index (χ3n) is 3.34. The molecule has 88 valence electrons. The van der Waals surface area contributed by atoms with E-state index in [1.165, 1.54) is 17.7 Å². The number of nitrogens with two attached hydrogens (primary N) is 1. The molecular formula is C12H20N4. The summed E-state index contributed by atoms with van der Waals surface area (Å²) in [5.74, 6) is 0.601. The lowest BCUT2D eigenvalue weighted by atomic mass is 10.2. The van der Waals surface area contributed by atoms with Crippen LogP contribution in [0.1, 0.15) is 12.0 Å². The fraction of sp³-hybridized carbons (Fsp3) is 0.583. The number of anilines is 2. The minimum Gasteiger partial charge on any atom is -0.384 e. The van der Waals surface area contributed by atoms with Crippen LogP contribution in [-0.2, 0) is 0 Å². The van der Waals surface area contributed by atoms with Crippen molar-refractivity contribution >= 4 is 11.5 Å². The first-order valence-corrected chi connectivity index (χ1v) is 5.71. The van der Waals surface area contributed by atoms with E-state index in [0.29, 0.717) is 11.9 Å². The van der Waals surface area contributed by atoms with Gasteiger partial charge in [0.25, 0.3) is 0 Å². The number of hydrogen-bond donors (Lipinski definition) is 1. The summed E-state index contributed by atoms with van der Waals surface area (Å²) >= 11 is 0. The first-order valence-electron chi connectivity index (χ1n) is 5.71. The van der Waals surface area contributed by atoms with Gasteiger partial charge in [0.1, 0.15) is 5.82 Å². The fourth-order valence-corrected chi connectivity index (χ4v) is 2.28. The van der Waals surface area contributed by atoms with Crippen LogP contribution in [0.15, 0.2) is 12.3 Å². The van der Waals surface area contributed by atoms with E-state index >= 15 is 0 Å². The largest absolute Gasteiger partial charge is 0.384 e. The summed E-state index contributed by atoms with van der Waals surface area (Å²) in [5, 5.41) is 0. The quantitative estimate of drug-likeness (QED) is 0.811. The average Bonchev–Trinajstić information content (AvgIpc) is 2.66. The third-order valence-corrected chi connectivity index (χ3v) is 3.34. The Morgan fingerprint density at radius 2 is 2.25 bits per heavy atom. The van der Waals surface area contributed by atoms with Gasteiger partial charge in [0.15, 0.2) is 0 Å². The van der Waals surface area contributed by atoms with Crippen LogP contribution in [0.4, 0.5) is 11.5 Å². The maximum atomic E-state index is 5.66. The van der Waals surface area contributed by atoms with Gasteiger partial charge in [-0.2, -0.15) is 0 Å². The van der Waals surface area contributed by atoms with E-state index in [9.17, 15) is 0 Å². The van der Waals surface area contributed by atoms with Gasteiger partial charge in [-0.1, -0.05) is 0 Å². The van der Waals surface area contributed by atoms with Crippen molar-refractivity contribution in [1.82, 2.24) is 9.88 Å². The molecule has 4 nitrogen and oxygen atoms in total. The molecular weight excluding hydrogens is 200 g/mol. The second-order valence-corrected chi connectivity index (χ2v) is 4.75. The lowest BCUT2D eigenvalue weighted by Crippen LogP contribution is -2.31. The van der Waals surface area contributed by atoms with Gasteiger partial charge in [0.2, 0.25) is 0 Å². The van der Waals surface area contributed by atoms with Crippen LogP contribution in [0.5, 0.6) is 0 Å². The molecule has 1 saturated heterocycles. The average molecular weight is 220 g/mol. The second-order valence-electron chi connectivity index (χ2n) is 4.75. The topological polar surface area (TPSA) is 45.4 Å². The second kappa shape index (κ2) is 4.29. The van der Waals surface area contributed by atoms with Gasteiger partial charge in [0.05, 0.1) is 11.9 Å². The molecule has 1 fully saturated rings. The Labute approximate surface area is 97.1 Å². The molecule has 0 aliphatic carbocycles. The highest BCUT2D eigenvalue weighted by Gasteiger charge is 2.24. The summed E-state index contributed by atoms with van der Waals surface area (Å²) in [7, 11) is 4.28. The number of likely N-dealkylation sites (N-methyl/N-ethyl adjacent to an activating group) is 1. The molecule has 0 aromatic carbocycles. The number of nitrogen functional groups attached to an aromatic ring is 1. The van der Waals surface area contributed by atoms with Crippen molar-refractivity contribution in [2.24, 2.45) is 0 Å². The van der Waals surface area contributed by atoms with Crippen molar-refractivity contribution in [2.45, 2.75) is 19.4 Å². The van der Waals surface area contributed by atoms with Crippen molar-refractivity contribution in [1.29, 1.82) is 0 Å². The molecule has 1 aromatic rings. The van der Waals surface area contributed by atoms with Crippen LogP contribution in [0.3, 0.4) is 0 Å². The molecule has 0 saturated carbocycles. The van der Waals surface area contributed by atoms with E-state index in [1.807, 2.05) is 12.3 Å². The number of aryl methyl sites for hydroxylation is 1. The molecule has 0 unspecified atom stereocenters. The Kier molecular flexibility index (Phi) is 3.01. The zero-order chi connectivity index (χ0) is 11.7. The number of hydrogen-bond acceptors (Lipinski definition) is 4. The SMILES string of the molecule is Cc1cc(N)ncc1N1CC[C@H](N(C)C)C1. The van der Waals surface area contributed by atoms with Crippen LogP contribution in [-0.4, -0.2) is 43.1 Å². The third kappa shape index (κ3) is 2.11. The zero-order valence-corrected chi connectivity index (χ0v) is 10.3. The van der Waals surface area contributed by atoms with Gasteiger partial charge in [-0.25, -0.2) is 4.98 Å². The van der Waals surface area contributed by atoms with Crippen LogP contribution in [0.25, 0.3) is 0 Å². The first kappa shape index (κ1) is 11.2. The number of nitrogens with zero attached hydrogens (tertiary/aromatic N) is 3. The zero-order valence-electron chi connectivity index (χ0n) is 10.3. The fourth-order valence-electron chi connectivity index (χ4n) is 2.28. The Morgan fingerprint density at radius 1 is 1.50 bits per heavy atom. The molecule has 2 heterocycles. The molecule has 16 heavy (non-hydrogen) atoms. The summed E-state index contributed by atoms with van der Waals surface area (Å²) in [6, 6.07) is 2.59. The Balaban J connectivity index is 2.14. The molecule has 0 amide bonds. The molecule has 1 aromatic heterocycles. The van der Waals surface area contributed by atoms with Crippen LogP contribution in [0.2, 0.25) is 0 Å². The van der Waals surface area contributed by atoms with Gasteiger partial charge in [-0.05, 0) is 39.1 Å². The van der Waals surface area contributed by atoms with Crippen molar-refractivity contribution in [2.75, 3.05) is 37.8 Å². The maximum absolute atomic E-state index is 5.66. The van der Waals surface area contributed by atoms with Crippen molar-refractivity contribution in [3.63, 3.8) is 0 Å². The van der Waals surface area contributed by atoms with Gasteiger partial charge in [0, 0.05) is 19.1 Å². The highest BCUT2D eigenvalue weighted by Crippen LogP contribution is 2.25. The van der Waals surface area contributed by atoms with E-state index in [1.54, 1.807) is 0 Å². The van der Waals surface area contributed by atoms with E-state index in [0.717, 1.165) is 13.1 Å². The molecule has 0 radical (unpaired) electrons. The predicted octanol–water partition coefficient (Wildman–Crippen LogP) is 1.11. The number of pyridine rings is 1. The number of aromatic nitrogens is 1. The molecule has 2 N–H and O–H groups in total. The van der Waals surface area contributed by atoms with Crippen molar-refractivity contribution in [3.8, 4) is 0 Å². The van der Waals surface area contributed by atoms with Crippen molar-refractivity contribution in [3.05, 3.63) is 17.8 Å². The van der Waals surface area contributed by atoms with E-state index in [4.69, 9.17) is 5.73 Å². The summed E-state index contributed by atoms with van der Waals surface area (Å²) in [6.45, 7) is 4.28.